The third-order valence-corrected chi connectivity index (χ3v) is 14.5. The van der Waals surface area contributed by atoms with Crippen LogP contribution < -0.4 is 0 Å². The molecule has 0 heterocycles. The summed E-state index contributed by atoms with van der Waals surface area (Å²) < 4.78 is 30.4. The normalized spacial score (nSPS) is 42.8. The average Bonchev–Trinajstić information content (AvgIpc) is 3.30. The first-order chi connectivity index (χ1) is 23.0. The standard InChI is InChI=1S/C40H60O10/c1-21(2)28-17-30(48-24(5)43)34-39(12)14-13-27-33(38(39,11)15-16-40(28,34)20-46-22(3)41)29(47-23(4)42)18-32-36(8,9)35(50-26(7)45)31(49-25(6)44)19-37(27,32)10/h13,21,28-35H,14-20H2,1-12H3/t28-,29-,30+,31+,32?,33-,34?,35-,37+,38-,39+,40+/m0/s1. The highest BCUT2D eigenvalue weighted by molar-refractivity contribution is 5.68. The molecule has 280 valence electrons. The lowest BCUT2D eigenvalue weighted by Gasteiger charge is -2.70. The van der Waals surface area contributed by atoms with Crippen LogP contribution in [0.1, 0.15) is 122 Å². The molecule has 4 fully saturated rings. The summed E-state index contributed by atoms with van der Waals surface area (Å²) in [6.45, 7) is 22.8. The molecule has 0 aromatic carbocycles. The van der Waals surface area contributed by atoms with Crippen molar-refractivity contribution in [1.82, 2.24) is 0 Å². The van der Waals surface area contributed by atoms with Crippen molar-refractivity contribution < 1.29 is 47.7 Å². The van der Waals surface area contributed by atoms with Gasteiger partial charge in [0.05, 0.1) is 6.61 Å². The van der Waals surface area contributed by atoms with Crippen LogP contribution in [-0.2, 0) is 47.7 Å². The van der Waals surface area contributed by atoms with Crippen molar-refractivity contribution in [1.29, 1.82) is 0 Å². The van der Waals surface area contributed by atoms with Gasteiger partial charge in [0.2, 0.25) is 0 Å². The van der Waals surface area contributed by atoms with Crippen molar-refractivity contribution in [3.8, 4) is 0 Å². The molecule has 12 atom stereocenters. The van der Waals surface area contributed by atoms with Crippen LogP contribution in [0.2, 0.25) is 0 Å². The van der Waals surface area contributed by atoms with Crippen molar-refractivity contribution in [2.75, 3.05) is 6.61 Å². The van der Waals surface area contributed by atoms with Gasteiger partial charge in [-0.1, -0.05) is 60.1 Å². The first-order valence-corrected chi connectivity index (χ1v) is 18.6. The van der Waals surface area contributed by atoms with Crippen molar-refractivity contribution >= 4 is 29.8 Å². The summed E-state index contributed by atoms with van der Waals surface area (Å²) in [7, 11) is 0. The molecule has 0 amide bonds. The Morgan fingerprint density at radius 1 is 0.720 bits per heavy atom. The van der Waals surface area contributed by atoms with Gasteiger partial charge in [0, 0.05) is 57.3 Å². The average molecular weight is 701 g/mol. The molecule has 0 radical (unpaired) electrons. The maximum atomic E-state index is 12.9. The van der Waals surface area contributed by atoms with Crippen LogP contribution in [-0.4, -0.2) is 60.9 Å². The van der Waals surface area contributed by atoms with E-state index in [4.69, 9.17) is 23.7 Å². The van der Waals surface area contributed by atoms with E-state index < -0.39 is 57.3 Å². The number of hydrogen-bond donors (Lipinski definition) is 0. The van der Waals surface area contributed by atoms with Crippen LogP contribution in [0.4, 0.5) is 0 Å². The van der Waals surface area contributed by atoms with E-state index in [1.165, 1.54) is 40.2 Å². The Balaban J connectivity index is 1.71. The third kappa shape index (κ3) is 5.88. The molecule has 0 aromatic heterocycles. The molecule has 4 saturated carbocycles. The van der Waals surface area contributed by atoms with Crippen LogP contribution in [0.15, 0.2) is 11.6 Å². The molecule has 50 heavy (non-hydrogen) atoms. The number of carbonyl (C=O) groups excluding carboxylic acids is 5. The highest BCUT2D eigenvalue weighted by Crippen LogP contribution is 2.77. The van der Waals surface area contributed by atoms with Gasteiger partial charge >= 0.3 is 29.8 Å². The van der Waals surface area contributed by atoms with Crippen LogP contribution in [0, 0.1) is 56.7 Å². The Labute approximate surface area is 298 Å². The van der Waals surface area contributed by atoms with E-state index in [9.17, 15) is 24.0 Å². The van der Waals surface area contributed by atoms with Gasteiger partial charge in [-0.15, -0.1) is 0 Å². The fraction of sp³-hybridized carbons (Fsp3) is 0.825. The number of esters is 5. The molecule has 0 N–H and O–H groups in total. The molecule has 5 aliphatic carbocycles. The predicted molar refractivity (Wildman–Crippen MR) is 184 cm³/mol. The summed E-state index contributed by atoms with van der Waals surface area (Å²) >= 11 is 0. The second kappa shape index (κ2) is 12.9. The lowest BCUT2D eigenvalue weighted by molar-refractivity contribution is -0.236. The quantitative estimate of drug-likeness (QED) is 0.159. The molecule has 0 aromatic rings. The zero-order valence-corrected chi connectivity index (χ0v) is 32.3. The molecule has 2 unspecified atom stereocenters. The Hall–Kier alpha value is -2.91. The molecular weight excluding hydrogens is 640 g/mol. The van der Waals surface area contributed by atoms with Gasteiger partial charge in [-0.2, -0.15) is 0 Å². The monoisotopic (exact) mass is 700 g/mol. The van der Waals surface area contributed by atoms with Crippen LogP contribution in [0.5, 0.6) is 0 Å². The van der Waals surface area contributed by atoms with Gasteiger partial charge in [0.25, 0.3) is 0 Å². The molecule has 10 nitrogen and oxygen atoms in total. The summed E-state index contributed by atoms with van der Waals surface area (Å²) in [5.41, 5.74) is -1.14. The maximum Gasteiger partial charge on any atom is 0.303 e. The Kier molecular flexibility index (Phi) is 9.92. The zero-order valence-electron chi connectivity index (χ0n) is 32.3. The fourth-order valence-corrected chi connectivity index (χ4v) is 12.8. The summed E-state index contributed by atoms with van der Waals surface area (Å²) in [5.74, 6) is -1.78. The number of fused-ring (bicyclic) bond motifs is 7. The van der Waals surface area contributed by atoms with E-state index in [2.05, 4.69) is 54.5 Å². The van der Waals surface area contributed by atoms with Crippen LogP contribution in [0.3, 0.4) is 0 Å². The highest BCUT2D eigenvalue weighted by Gasteiger charge is 2.74. The van der Waals surface area contributed by atoms with E-state index in [1.54, 1.807) is 0 Å². The number of ether oxygens (including phenoxy) is 5. The molecule has 0 bridgehead atoms. The second-order valence-electron chi connectivity index (χ2n) is 18.0. The first kappa shape index (κ1) is 38.3. The van der Waals surface area contributed by atoms with Gasteiger partial charge in [-0.05, 0) is 72.5 Å². The van der Waals surface area contributed by atoms with E-state index in [-0.39, 0.29) is 60.2 Å². The molecule has 5 rings (SSSR count). The molecule has 5 aliphatic rings. The smallest absolute Gasteiger partial charge is 0.303 e. The lowest BCUT2D eigenvalue weighted by atomic mass is 9.35. The predicted octanol–water partition coefficient (Wildman–Crippen LogP) is 6.76. The van der Waals surface area contributed by atoms with E-state index in [0.717, 1.165) is 12.8 Å². The minimum Gasteiger partial charge on any atom is -0.465 e. The minimum absolute atomic E-state index is 0.0665. The maximum absolute atomic E-state index is 12.9. The minimum atomic E-state index is -0.672. The van der Waals surface area contributed by atoms with E-state index in [1.807, 2.05) is 0 Å². The summed E-state index contributed by atoms with van der Waals surface area (Å²) in [6.07, 6.45) is 4.16. The van der Waals surface area contributed by atoms with Gasteiger partial charge < -0.3 is 23.7 Å². The molecule has 10 heteroatoms. The van der Waals surface area contributed by atoms with Gasteiger partial charge in [-0.25, -0.2) is 0 Å². The Bertz CT molecular complexity index is 1450. The Morgan fingerprint density at radius 2 is 1.28 bits per heavy atom. The molecular formula is C40H60O10. The summed E-state index contributed by atoms with van der Waals surface area (Å²) in [5, 5.41) is 0. The van der Waals surface area contributed by atoms with Crippen molar-refractivity contribution in [2.24, 2.45) is 56.7 Å². The van der Waals surface area contributed by atoms with Crippen molar-refractivity contribution in [2.45, 2.75) is 146 Å². The van der Waals surface area contributed by atoms with E-state index in [0.29, 0.717) is 25.7 Å². The van der Waals surface area contributed by atoms with E-state index >= 15 is 0 Å². The summed E-state index contributed by atoms with van der Waals surface area (Å²) in [4.78, 5) is 62.8. The largest absolute Gasteiger partial charge is 0.465 e. The lowest BCUT2D eigenvalue weighted by Crippen LogP contribution is -2.68. The van der Waals surface area contributed by atoms with Crippen LogP contribution >= 0.6 is 0 Å². The molecule has 0 spiro atoms. The molecule has 0 aliphatic heterocycles. The number of carbonyl (C=O) groups is 5. The Morgan fingerprint density at radius 3 is 1.82 bits per heavy atom. The SMILES string of the molecule is CC(=O)OC[C@@]12CC[C@@]3(C)[C@H]4C(=CC[C@]3(C)C1[C@H](OC(C)=O)C[C@H]2C(C)C)[C@@]1(C)C[C@@H](OC(C)=O)[C@H](OC(C)=O)C(C)(C)C1C[C@@H]4OC(C)=O. The first-order valence-electron chi connectivity index (χ1n) is 18.6. The number of rotatable bonds is 7. The van der Waals surface area contributed by atoms with Crippen molar-refractivity contribution in [3.63, 3.8) is 0 Å². The summed E-state index contributed by atoms with van der Waals surface area (Å²) in [6, 6.07) is 0. The molecule has 0 saturated heterocycles. The number of allylic oxidation sites excluding steroid dienone is 1. The topological polar surface area (TPSA) is 132 Å². The third-order valence-electron chi connectivity index (χ3n) is 14.5. The van der Waals surface area contributed by atoms with Crippen LogP contribution in [0.25, 0.3) is 0 Å². The fourth-order valence-electron chi connectivity index (χ4n) is 12.8. The highest BCUT2D eigenvalue weighted by atomic mass is 16.6. The van der Waals surface area contributed by atoms with Crippen molar-refractivity contribution in [3.05, 3.63) is 11.6 Å². The van der Waals surface area contributed by atoms with Gasteiger partial charge in [0.1, 0.15) is 24.4 Å². The number of hydrogen-bond acceptors (Lipinski definition) is 10. The van der Waals surface area contributed by atoms with Gasteiger partial charge in [0.15, 0.2) is 0 Å². The van der Waals surface area contributed by atoms with Gasteiger partial charge in [-0.3, -0.25) is 24.0 Å². The second-order valence-corrected chi connectivity index (χ2v) is 18.0. The zero-order chi connectivity index (χ0) is 37.4.